The Hall–Kier alpha value is -1.88. The third-order valence-electron chi connectivity index (χ3n) is 3.30. The highest BCUT2D eigenvalue weighted by Gasteiger charge is 2.09. The molecule has 116 valence electrons. The van der Waals surface area contributed by atoms with Gasteiger partial charge in [-0.05, 0) is 47.7 Å². The van der Waals surface area contributed by atoms with Crippen LogP contribution in [0.4, 0.5) is 5.69 Å². The van der Waals surface area contributed by atoms with Crippen LogP contribution in [-0.4, -0.2) is 5.91 Å². The van der Waals surface area contributed by atoms with Gasteiger partial charge in [-0.1, -0.05) is 47.5 Å². The van der Waals surface area contributed by atoms with Gasteiger partial charge in [0, 0.05) is 25.9 Å². The normalized spacial score (nSPS) is 10.7. The molecule has 3 nitrogen and oxygen atoms in total. The van der Waals surface area contributed by atoms with Crippen molar-refractivity contribution >= 4 is 57.5 Å². The van der Waals surface area contributed by atoms with Crippen molar-refractivity contribution in [2.24, 2.45) is 5.73 Å². The summed E-state index contributed by atoms with van der Waals surface area (Å²) in [6, 6.07) is 16.5. The van der Waals surface area contributed by atoms with E-state index >= 15 is 0 Å². The minimum atomic E-state index is -0.443. The number of halogens is 2. The third-order valence-corrected chi connectivity index (χ3v) is 4.53. The number of carbonyl (C=O) groups excluding carboxylic acids is 1. The molecule has 0 atom stereocenters. The highest BCUT2D eigenvalue weighted by atomic mass is 35.5. The molecule has 0 radical (unpaired) electrons. The van der Waals surface area contributed by atoms with Crippen molar-refractivity contribution in [3.63, 3.8) is 0 Å². The Morgan fingerprint density at radius 2 is 1.61 bits per heavy atom. The molecule has 0 aliphatic rings. The molecular weight excluding hydrogens is 351 g/mol. The van der Waals surface area contributed by atoms with Crippen molar-refractivity contribution in [3.8, 4) is 0 Å². The summed E-state index contributed by atoms with van der Waals surface area (Å²) in [6.45, 7) is 0. The van der Waals surface area contributed by atoms with Crippen LogP contribution >= 0.6 is 35.1 Å². The smallest absolute Gasteiger partial charge is 0.249 e. The molecule has 3 aromatic carbocycles. The number of anilines is 1. The van der Waals surface area contributed by atoms with E-state index in [1.807, 2.05) is 42.5 Å². The Labute approximate surface area is 147 Å². The van der Waals surface area contributed by atoms with Crippen LogP contribution in [0.1, 0.15) is 10.4 Å². The van der Waals surface area contributed by atoms with Crippen LogP contribution in [0.3, 0.4) is 0 Å². The Bertz CT molecular complexity index is 879. The number of hydrogen-bond acceptors (Lipinski definition) is 3. The number of hydrogen-bond donors (Lipinski definition) is 2. The van der Waals surface area contributed by atoms with Gasteiger partial charge < -0.3 is 10.5 Å². The summed E-state index contributed by atoms with van der Waals surface area (Å²) in [5.74, 6) is -0.443. The largest absolute Gasteiger partial charge is 0.366 e. The van der Waals surface area contributed by atoms with Gasteiger partial charge >= 0.3 is 0 Å². The molecule has 0 unspecified atom stereocenters. The molecule has 0 heterocycles. The summed E-state index contributed by atoms with van der Waals surface area (Å²) >= 11 is 13.4. The number of benzene rings is 3. The van der Waals surface area contributed by atoms with Crippen molar-refractivity contribution in [3.05, 3.63) is 70.2 Å². The van der Waals surface area contributed by atoms with E-state index in [4.69, 9.17) is 28.9 Å². The number of rotatable bonds is 4. The minimum absolute atomic E-state index is 0.443. The number of fused-ring (bicyclic) bond motifs is 1. The lowest BCUT2D eigenvalue weighted by Crippen LogP contribution is -2.11. The molecule has 1 amide bonds. The van der Waals surface area contributed by atoms with E-state index in [0.29, 0.717) is 15.6 Å². The molecule has 0 spiro atoms. The maximum absolute atomic E-state index is 11.5. The average molecular weight is 363 g/mol. The van der Waals surface area contributed by atoms with Crippen molar-refractivity contribution in [1.29, 1.82) is 0 Å². The van der Waals surface area contributed by atoms with E-state index < -0.39 is 5.91 Å². The quantitative estimate of drug-likeness (QED) is 0.613. The van der Waals surface area contributed by atoms with Gasteiger partial charge in [-0.3, -0.25) is 4.79 Å². The van der Waals surface area contributed by atoms with Crippen molar-refractivity contribution in [2.45, 2.75) is 4.90 Å². The third kappa shape index (κ3) is 3.55. The van der Waals surface area contributed by atoms with Gasteiger partial charge in [-0.2, -0.15) is 0 Å². The van der Waals surface area contributed by atoms with Crippen LogP contribution in [0.2, 0.25) is 10.0 Å². The fraction of sp³-hybridized carbons (Fsp3) is 0. The SMILES string of the molecule is NC(=O)c1cccc2c(NSc3cc(Cl)cc(Cl)c3)cccc12. The molecular formula is C17H12Cl2N2OS. The average Bonchev–Trinajstić information content (AvgIpc) is 2.51. The van der Waals surface area contributed by atoms with E-state index in [0.717, 1.165) is 21.4 Å². The van der Waals surface area contributed by atoms with Crippen LogP contribution in [0.5, 0.6) is 0 Å². The van der Waals surface area contributed by atoms with Crippen LogP contribution in [0.15, 0.2) is 59.5 Å². The first-order valence-electron chi connectivity index (χ1n) is 6.75. The lowest BCUT2D eigenvalue weighted by atomic mass is 10.0. The Kier molecular flexibility index (Phi) is 4.66. The van der Waals surface area contributed by atoms with Gasteiger partial charge in [0.2, 0.25) is 5.91 Å². The van der Waals surface area contributed by atoms with Crippen LogP contribution in [-0.2, 0) is 0 Å². The first-order valence-corrected chi connectivity index (χ1v) is 8.32. The predicted octanol–water partition coefficient (Wildman–Crippen LogP) is 5.36. The standard InChI is InChI=1S/C17H12Cl2N2OS/c18-10-7-11(19)9-12(8-10)23-21-16-6-2-3-13-14(16)4-1-5-15(13)17(20)22/h1-9,21H,(H2,20,22). The molecule has 0 aliphatic heterocycles. The highest BCUT2D eigenvalue weighted by Crippen LogP contribution is 2.31. The molecule has 0 aliphatic carbocycles. The summed E-state index contributed by atoms with van der Waals surface area (Å²) in [4.78, 5) is 12.4. The molecule has 0 fully saturated rings. The van der Waals surface area contributed by atoms with Gasteiger partial charge in [0.25, 0.3) is 0 Å². The van der Waals surface area contributed by atoms with E-state index in [1.54, 1.807) is 12.1 Å². The van der Waals surface area contributed by atoms with Gasteiger partial charge in [0.15, 0.2) is 0 Å². The second-order valence-electron chi connectivity index (χ2n) is 4.88. The van der Waals surface area contributed by atoms with Gasteiger partial charge in [-0.15, -0.1) is 0 Å². The fourth-order valence-corrected chi connectivity index (χ4v) is 3.75. The Morgan fingerprint density at radius 3 is 2.30 bits per heavy atom. The molecule has 3 aromatic rings. The second kappa shape index (κ2) is 6.71. The maximum atomic E-state index is 11.5. The van der Waals surface area contributed by atoms with Crippen molar-refractivity contribution in [1.82, 2.24) is 0 Å². The van der Waals surface area contributed by atoms with Gasteiger partial charge in [0.05, 0.1) is 5.69 Å². The fourth-order valence-electron chi connectivity index (χ4n) is 2.32. The van der Waals surface area contributed by atoms with E-state index in [-0.39, 0.29) is 0 Å². The number of nitrogens with two attached hydrogens (primary N) is 1. The lowest BCUT2D eigenvalue weighted by Gasteiger charge is -2.11. The zero-order valence-corrected chi connectivity index (χ0v) is 14.2. The number of amides is 1. The Balaban J connectivity index is 1.94. The van der Waals surface area contributed by atoms with E-state index in [9.17, 15) is 4.79 Å². The molecule has 6 heteroatoms. The number of primary amides is 1. The number of carbonyl (C=O) groups is 1. The Morgan fingerprint density at radius 1 is 0.957 bits per heavy atom. The molecule has 3 rings (SSSR count). The molecule has 3 N–H and O–H groups in total. The van der Waals surface area contributed by atoms with Crippen molar-refractivity contribution < 1.29 is 4.79 Å². The maximum Gasteiger partial charge on any atom is 0.249 e. The van der Waals surface area contributed by atoms with Crippen molar-refractivity contribution in [2.75, 3.05) is 4.72 Å². The van der Waals surface area contributed by atoms with Gasteiger partial charge in [0.1, 0.15) is 0 Å². The number of nitrogens with one attached hydrogen (secondary N) is 1. The first kappa shape index (κ1) is 16.0. The first-order chi connectivity index (χ1) is 11.0. The van der Waals surface area contributed by atoms with Crippen LogP contribution < -0.4 is 10.5 Å². The molecule has 0 saturated carbocycles. The zero-order chi connectivity index (χ0) is 16.4. The second-order valence-corrected chi connectivity index (χ2v) is 6.63. The summed E-state index contributed by atoms with van der Waals surface area (Å²) in [5, 5.41) is 2.89. The minimum Gasteiger partial charge on any atom is -0.366 e. The zero-order valence-electron chi connectivity index (χ0n) is 11.8. The summed E-state index contributed by atoms with van der Waals surface area (Å²) in [6.07, 6.45) is 0. The molecule has 23 heavy (non-hydrogen) atoms. The monoisotopic (exact) mass is 362 g/mol. The molecule has 0 aromatic heterocycles. The summed E-state index contributed by atoms with van der Waals surface area (Å²) in [5.41, 5.74) is 6.82. The topological polar surface area (TPSA) is 55.1 Å². The van der Waals surface area contributed by atoms with E-state index in [1.165, 1.54) is 11.9 Å². The predicted molar refractivity (Wildman–Crippen MR) is 98.4 cm³/mol. The highest BCUT2D eigenvalue weighted by molar-refractivity contribution is 8.00. The van der Waals surface area contributed by atoms with Crippen LogP contribution in [0, 0.1) is 0 Å². The van der Waals surface area contributed by atoms with E-state index in [2.05, 4.69) is 4.72 Å². The summed E-state index contributed by atoms with van der Waals surface area (Å²) < 4.78 is 3.27. The van der Waals surface area contributed by atoms with Gasteiger partial charge in [-0.25, -0.2) is 0 Å². The molecule has 0 saturated heterocycles. The summed E-state index contributed by atoms with van der Waals surface area (Å²) in [7, 11) is 0. The lowest BCUT2D eigenvalue weighted by molar-refractivity contribution is 0.100. The molecule has 0 bridgehead atoms. The van der Waals surface area contributed by atoms with Crippen LogP contribution in [0.25, 0.3) is 10.8 Å².